The molecule has 7 nitrogen and oxygen atoms in total. The molecular weight excluding hydrogens is 314 g/mol. The van der Waals surface area contributed by atoms with Gasteiger partial charge < -0.3 is 9.47 Å². The number of hydrogen-bond acceptors (Lipinski definition) is 6. The minimum absolute atomic E-state index is 0.402. The van der Waals surface area contributed by atoms with Gasteiger partial charge in [0, 0.05) is 31.1 Å². The Bertz CT molecular complexity index is 940. The SMILES string of the molecule is CCc1nc(C#N)cc(N2CCn3c(nnc3-c3ccccc3)C2)n1. The number of benzene rings is 1. The van der Waals surface area contributed by atoms with Crippen LogP contribution in [0.5, 0.6) is 0 Å². The van der Waals surface area contributed by atoms with Gasteiger partial charge in [-0.25, -0.2) is 9.97 Å². The van der Waals surface area contributed by atoms with Crippen LogP contribution in [0.15, 0.2) is 36.4 Å². The summed E-state index contributed by atoms with van der Waals surface area (Å²) in [5.74, 6) is 3.26. The zero-order valence-electron chi connectivity index (χ0n) is 13.9. The third-order valence-corrected chi connectivity index (χ3v) is 4.30. The number of nitriles is 1. The van der Waals surface area contributed by atoms with Crippen LogP contribution in [0.3, 0.4) is 0 Å². The fourth-order valence-corrected chi connectivity index (χ4v) is 3.01. The highest BCUT2D eigenvalue weighted by molar-refractivity contribution is 5.55. The smallest absolute Gasteiger partial charge is 0.164 e. The van der Waals surface area contributed by atoms with Crippen molar-refractivity contribution >= 4 is 5.82 Å². The van der Waals surface area contributed by atoms with Gasteiger partial charge in [-0.2, -0.15) is 5.26 Å². The summed E-state index contributed by atoms with van der Waals surface area (Å²) in [6.45, 7) is 4.17. The number of aryl methyl sites for hydroxylation is 1. The third-order valence-electron chi connectivity index (χ3n) is 4.30. The van der Waals surface area contributed by atoms with E-state index < -0.39 is 0 Å². The molecule has 0 aliphatic carbocycles. The van der Waals surface area contributed by atoms with E-state index in [0.29, 0.717) is 24.5 Å². The predicted molar refractivity (Wildman–Crippen MR) is 92.6 cm³/mol. The Balaban J connectivity index is 1.65. The van der Waals surface area contributed by atoms with Gasteiger partial charge in [-0.15, -0.1) is 10.2 Å². The standard InChI is InChI=1S/C18H17N7/c1-2-15-20-14(11-19)10-16(21-15)24-8-9-25-17(12-24)22-23-18(25)13-6-4-3-5-7-13/h3-7,10H,2,8-9,12H2,1H3. The summed E-state index contributed by atoms with van der Waals surface area (Å²) in [4.78, 5) is 10.9. The Hall–Kier alpha value is -3.27. The topological polar surface area (TPSA) is 83.5 Å². The molecule has 4 rings (SSSR count). The van der Waals surface area contributed by atoms with Crippen molar-refractivity contribution in [3.8, 4) is 17.5 Å². The molecule has 3 aromatic rings. The Kier molecular flexibility index (Phi) is 3.86. The van der Waals surface area contributed by atoms with Crippen molar-refractivity contribution in [3.05, 3.63) is 53.7 Å². The molecule has 0 unspecified atom stereocenters. The van der Waals surface area contributed by atoms with Gasteiger partial charge >= 0.3 is 0 Å². The van der Waals surface area contributed by atoms with Gasteiger partial charge in [0.1, 0.15) is 23.4 Å². The van der Waals surface area contributed by atoms with Crippen molar-refractivity contribution in [3.63, 3.8) is 0 Å². The van der Waals surface area contributed by atoms with Crippen LogP contribution in [0.2, 0.25) is 0 Å². The van der Waals surface area contributed by atoms with E-state index in [1.165, 1.54) is 0 Å². The number of nitrogens with zero attached hydrogens (tertiary/aromatic N) is 7. The van der Waals surface area contributed by atoms with Gasteiger partial charge in [0.25, 0.3) is 0 Å². The largest absolute Gasteiger partial charge is 0.347 e. The predicted octanol–water partition coefficient (Wildman–Crippen LogP) is 2.19. The van der Waals surface area contributed by atoms with Crippen LogP contribution in [0.1, 0.15) is 24.3 Å². The molecule has 25 heavy (non-hydrogen) atoms. The van der Waals surface area contributed by atoms with E-state index in [1.807, 2.05) is 37.3 Å². The Morgan fingerprint density at radius 2 is 1.96 bits per heavy atom. The van der Waals surface area contributed by atoms with Gasteiger partial charge in [-0.1, -0.05) is 37.3 Å². The first-order chi connectivity index (χ1) is 12.3. The van der Waals surface area contributed by atoms with Crippen LogP contribution < -0.4 is 4.90 Å². The molecule has 0 fully saturated rings. The second-order valence-electron chi connectivity index (χ2n) is 5.87. The summed E-state index contributed by atoms with van der Waals surface area (Å²) in [5, 5.41) is 17.9. The zero-order chi connectivity index (χ0) is 17.2. The van der Waals surface area contributed by atoms with E-state index in [0.717, 1.165) is 36.1 Å². The van der Waals surface area contributed by atoms with E-state index >= 15 is 0 Å². The third kappa shape index (κ3) is 2.83. The highest BCUT2D eigenvalue weighted by atomic mass is 15.3. The first-order valence-corrected chi connectivity index (χ1v) is 8.29. The Morgan fingerprint density at radius 3 is 2.72 bits per heavy atom. The average Bonchev–Trinajstić information content (AvgIpc) is 3.11. The first-order valence-electron chi connectivity index (χ1n) is 8.29. The molecule has 0 N–H and O–H groups in total. The van der Waals surface area contributed by atoms with Gasteiger partial charge in [-0.3, -0.25) is 0 Å². The summed E-state index contributed by atoms with van der Waals surface area (Å²) in [6.07, 6.45) is 0.699. The molecule has 1 aromatic carbocycles. The van der Waals surface area contributed by atoms with Gasteiger partial charge in [0.15, 0.2) is 11.6 Å². The molecule has 7 heteroatoms. The molecule has 0 saturated carbocycles. The van der Waals surface area contributed by atoms with Crippen molar-refractivity contribution in [2.24, 2.45) is 0 Å². The number of anilines is 1. The van der Waals surface area contributed by atoms with E-state index in [-0.39, 0.29) is 0 Å². The molecule has 0 bridgehead atoms. The minimum Gasteiger partial charge on any atom is -0.347 e. The van der Waals surface area contributed by atoms with Gasteiger partial charge in [0.2, 0.25) is 0 Å². The maximum atomic E-state index is 9.18. The lowest BCUT2D eigenvalue weighted by molar-refractivity contribution is 0.558. The van der Waals surface area contributed by atoms with Gasteiger partial charge in [0.05, 0.1) is 6.54 Å². The summed E-state index contributed by atoms with van der Waals surface area (Å²) in [7, 11) is 0. The van der Waals surface area contributed by atoms with Gasteiger partial charge in [-0.05, 0) is 0 Å². The lowest BCUT2D eigenvalue weighted by atomic mass is 10.2. The van der Waals surface area contributed by atoms with Crippen LogP contribution >= 0.6 is 0 Å². The molecule has 3 heterocycles. The van der Waals surface area contributed by atoms with Crippen molar-refractivity contribution in [1.29, 1.82) is 5.26 Å². The second-order valence-corrected chi connectivity index (χ2v) is 5.87. The highest BCUT2D eigenvalue weighted by Crippen LogP contribution is 2.24. The first kappa shape index (κ1) is 15.3. The maximum absolute atomic E-state index is 9.18. The summed E-state index contributed by atoms with van der Waals surface area (Å²) < 4.78 is 2.15. The van der Waals surface area contributed by atoms with Crippen molar-refractivity contribution in [2.75, 3.05) is 11.4 Å². The Morgan fingerprint density at radius 1 is 1.12 bits per heavy atom. The molecule has 0 atom stereocenters. The Labute approximate surface area is 145 Å². The summed E-state index contributed by atoms with van der Waals surface area (Å²) >= 11 is 0. The quantitative estimate of drug-likeness (QED) is 0.731. The lowest BCUT2D eigenvalue weighted by Gasteiger charge is -2.29. The average molecular weight is 331 g/mol. The molecule has 2 aromatic heterocycles. The van der Waals surface area contributed by atoms with Crippen molar-refractivity contribution in [2.45, 2.75) is 26.4 Å². The number of rotatable bonds is 3. The van der Waals surface area contributed by atoms with E-state index in [9.17, 15) is 5.26 Å². The number of hydrogen-bond donors (Lipinski definition) is 0. The molecule has 1 aliphatic heterocycles. The van der Waals surface area contributed by atoms with Crippen LogP contribution in [0, 0.1) is 11.3 Å². The molecular formula is C18H17N7. The van der Waals surface area contributed by atoms with E-state index in [1.54, 1.807) is 6.07 Å². The number of fused-ring (bicyclic) bond motifs is 1. The number of aromatic nitrogens is 5. The maximum Gasteiger partial charge on any atom is 0.164 e. The molecule has 0 saturated heterocycles. The van der Waals surface area contributed by atoms with Crippen molar-refractivity contribution in [1.82, 2.24) is 24.7 Å². The summed E-state index contributed by atoms with van der Waals surface area (Å²) in [5.41, 5.74) is 1.47. The molecule has 0 radical (unpaired) electrons. The summed E-state index contributed by atoms with van der Waals surface area (Å²) in [6, 6.07) is 13.9. The monoisotopic (exact) mass is 331 g/mol. The molecule has 124 valence electrons. The van der Waals surface area contributed by atoms with Crippen LogP contribution in [-0.4, -0.2) is 31.3 Å². The zero-order valence-corrected chi connectivity index (χ0v) is 13.9. The van der Waals surface area contributed by atoms with Crippen LogP contribution in [-0.2, 0) is 19.5 Å². The van der Waals surface area contributed by atoms with E-state index in [2.05, 4.69) is 35.7 Å². The van der Waals surface area contributed by atoms with Crippen LogP contribution in [0.25, 0.3) is 11.4 Å². The fraction of sp³-hybridized carbons (Fsp3) is 0.278. The second kappa shape index (κ2) is 6.32. The highest BCUT2D eigenvalue weighted by Gasteiger charge is 2.23. The molecule has 0 spiro atoms. The molecule has 1 aliphatic rings. The fourth-order valence-electron chi connectivity index (χ4n) is 3.01. The molecule has 0 amide bonds. The van der Waals surface area contributed by atoms with Crippen molar-refractivity contribution < 1.29 is 0 Å². The van der Waals surface area contributed by atoms with E-state index in [4.69, 9.17) is 0 Å². The van der Waals surface area contributed by atoms with Crippen LogP contribution in [0.4, 0.5) is 5.82 Å². The normalized spacial score (nSPS) is 13.4. The lowest BCUT2D eigenvalue weighted by Crippen LogP contribution is -2.34. The minimum atomic E-state index is 0.402.